The number of hydrazine groups is 1. The lowest BCUT2D eigenvalue weighted by atomic mass is 9.98. The summed E-state index contributed by atoms with van der Waals surface area (Å²) in [5.41, 5.74) is 3.82. The zero-order chi connectivity index (χ0) is 36.8. The molecule has 0 saturated carbocycles. The first kappa shape index (κ1) is 36.1. The zero-order valence-electron chi connectivity index (χ0n) is 29.5. The minimum atomic E-state index is -0.924. The van der Waals surface area contributed by atoms with Gasteiger partial charge in [-0.15, -0.1) is 6.58 Å². The number of phenolic OH excluding ortho intramolecular Hbond substituents is 1. The second-order valence-corrected chi connectivity index (χ2v) is 13.1. The smallest absolute Gasteiger partial charge is 0.334 e. The molecule has 13 nitrogen and oxygen atoms in total. The number of amides is 5. The highest BCUT2D eigenvalue weighted by Gasteiger charge is 2.51. The number of aromatic nitrogens is 1. The van der Waals surface area contributed by atoms with Crippen LogP contribution in [0, 0.1) is 0 Å². The molecule has 2 aliphatic heterocycles. The van der Waals surface area contributed by atoms with Crippen LogP contribution in [-0.2, 0) is 40.9 Å². The Hall–Kier alpha value is -5.66. The summed E-state index contributed by atoms with van der Waals surface area (Å²) in [5, 5.41) is 19.9. The van der Waals surface area contributed by atoms with Crippen molar-refractivity contribution in [2.24, 2.45) is 7.05 Å². The molecular weight excluding hydrogens is 662 g/mol. The van der Waals surface area contributed by atoms with Gasteiger partial charge in [-0.2, -0.15) is 0 Å². The predicted octanol–water partition coefficient (Wildman–Crippen LogP) is 3.39. The molecule has 0 spiro atoms. The molecule has 2 aliphatic rings. The molecule has 1 aromatic heterocycles. The molecule has 0 bridgehead atoms. The van der Waals surface area contributed by atoms with E-state index in [9.17, 15) is 24.3 Å². The second kappa shape index (κ2) is 16.1. The number of urea groups is 1. The molecule has 0 radical (unpaired) electrons. The average molecular weight is 708 g/mol. The number of methoxy groups -OCH3 is 1. The third-order valence-electron chi connectivity index (χ3n) is 9.53. The van der Waals surface area contributed by atoms with Crippen molar-refractivity contribution in [2.75, 3.05) is 39.9 Å². The van der Waals surface area contributed by atoms with Crippen LogP contribution in [-0.4, -0.2) is 105 Å². The first-order chi connectivity index (χ1) is 25.2. The van der Waals surface area contributed by atoms with E-state index in [1.54, 1.807) is 63.5 Å². The van der Waals surface area contributed by atoms with E-state index in [0.717, 1.165) is 27.6 Å². The first-order valence-corrected chi connectivity index (χ1v) is 17.4. The van der Waals surface area contributed by atoms with Gasteiger partial charge in [0.1, 0.15) is 18.0 Å². The van der Waals surface area contributed by atoms with Gasteiger partial charge in [0.05, 0.1) is 24.2 Å². The number of carbonyl (C=O) groups excluding carboxylic acids is 4. The number of ether oxygens (including phenoxy) is 1. The Labute approximate surface area is 303 Å². The summed E-state index contributed by atoms with van der Waals surface area (Å²) in [6.45, 7) is 5.51. The lowest BCUT2D eigenvalue weighted by Gasteiger charge is -2.55. The third kappa shape index (κ3) is 7.65. The maximum absolute atomic E-state index is 14.6. The molecule has 3 heterocycles. The van der Waals surface area contributed by atoms with Crippen LogP contribution in [0.5, 0.6) is 5.75 Å². The van der Waals surface area contributed by atoms with Gasteiger partial charge in [-0.05, 0) is 35.2 Å². The van der Waals surface area contributed by atoms with Crippen LogP contribution in [0.2, 0.25) is 0 Å². The van der Waals surface area contributed by atoms with Gasteiger partial charge in [0, 0.05) is 64.9 Å². The molecule has 4 aromatic rings. The molecule has 0 aliphatic carbocycles. The fraction of sp³-hybridized carbons (Fsp3) is 0.333. The topological polar surface area (TPSA) is 140 Å². The fourth-order valence-electron chi connectivity index (χ4n) is 7.13. The standard InChI is InChI=1S/C39H45N7O6/c1-4-19-44-26-35(48)45-33(21-27-14-16-30(47)17-15-27)38(50)43(25-34(45)46(44)39(51)41-22-28-10-6-5-7-11-28)23-29-12-8-13-31-32(24-42(2)36(29)31)37(49)40-18-9-20-52-3/h4-8,10-17,24,33-34,47H,1,9,18-23,25-26H2,2-3H3,(H,40,49)(H,41,51)/t33-,34-/m0/s1. The van der Waals surface area contributed by atoms with Gasteiger partial charge in [-0.3, -0.25) is 14.4 Å². The summed E-state index contributed by atoms with van der Waals surface area (Å²) in [5.74, 6) is -0.645. The minimum Gasteiger partial charge on any atom is -0.508 e. The van der Waals surface area contributed by atoms with E-state index in [-0.39, 0.29) is 62.6 Å². The van der Waals surface area contributed by atoms with Gasteiger partial charge in [-0.1, -0.05) is 66.7 Å². The van der Waals surface area contributed by atoms with E-state index in [0.29, 0.717) is 25.1 Å². The maximum atomic E-state index is 14.6. The molecule has 13 heteroatoms. The molecule has 3 N–H and O–H groups in total. The Morgan fingerprint density at radius 2 is 1.77 bits per heavy atom. The number of nitrogens with zero attached hydrogens (tertiary/aromatic N) is 5. The summed E-state index contributed by atoms with van der Waals surface area (Å²) in [6.07, 6.45) is 3.48. The van der Waals surface area contributed by atoms with E-state index in [4.69, 9.17) is 4.74 Å². The molecule has 52 heavy (non-hydrogen) atoms. The highest BCUT2D eigenvalue weighted by atomic mass is 16.5. The molecule has 5 amide bonds. The quantitative estimate of drug-likeness (QED) is 0.143. The summed E-state index contributed by atoms with van der Waals surface area (Å²) < 4.78 is 6.99. The number of nitrogens with one attached hydrogen (secondary N) is 2. The van der Waals surface area contributed by atoms with Crippen LogP contribution in [0.1, 0.15) is 33.5 Å². The van der Waals surface area contributed by atoms with E-state index >= 15 is 0 Å². The number of fused-ring (bicyclic) bond motifs is 2. The Morgan fingerprint density at radius 3 is 2.50 bits per heavy atom. The Morgan fingerprint density at radius 1 is 1.00 bits per heavy atom. The monoisotopic (exact) mass is 707 g/mol. The third-order valence-corrected chi connectivity index (χ3v) is 9.53. The van der Waals surface area contributed by atoms with Crippen molar-refractivity contribution >= 4 is 34.7 Å². The number of para-hydroxylation sites is 1. The van der Waals surface area contributed by atoms with Crippen LogP contribution < -0.4 is 10.6 Å². The van der Waals surface area contributed by atoms with Gasteiger partial charge < -0.3 is 34.8 Å². The number of rotatable bonds is 13. The SMILES string of the molecule is C=CCN1CC(=O)N2[C@@H](Cc3ccc(O)cc3)C(=O)N(Cc3cccc4c(C(=O)NCCCOC)cn(C)c34)C[C@@H]2N1C(=O)NCc1ccccc1. The van der Waals surface area contributed by atoms with Crippen LogP contribution in [0.4, 0.5) is 4.79 Å². The van der Waals surface area contributed by atoms with E-state index in [2.05, 4.69) is 17.2 Å². The van der Waals surface area contributed by atoms with Crippen molar-refractivity contribution in [3.63, 3.8) is 0 Å². The fourth-order valence-corrected chi connectivity index (χ4v) is 7.13. The number of aryl methyl sites for hydroxylation is 1. The van der Waals surface area contributed by atoms with E-state index < -0.39 is 18.2 Å². The molecule has 2 atom stereocenters. The van der Waals surface area contributed by atoms with Crippen molar-refractivity contribution < 1.29 is 29.0 Å². The highest BCUT2D eigenvalue weighted by molar-refractivity contribution is 6.07. The van der Waals surface area contributed by atoms with E-state index in [1.807, 2.05) is 60.1 Å². The van der Waals surface area contributed by atoms with Gasteiger partial charge in [0.2, 0.25) is 11.8 Å². The van der Waals surface area contributed by atoms with Crippen LogP contribution in [0.25, 0.3) is 10.9 Å². The van der Waals surface area contributed by atoms with Crippen molar-refractivity contribution in [2.45, 2.75) is 38.1 Å². The summed E-state index contributed by atoms with van der Waals surface area (Å²) in [4.78, 5) is 59.0. The van der Waals surface area contributed by atoms with Crippen molar-refractivity contribution in [3.8, 4) is 5.75 Å². The van der Waals surface area contributed by atoms with Crippen LogP contribution in [0.15, 0.2) is 91.6 Å². The van der Waals surface area contributed by atoms with Gasteiger partial charge in [0.25, 0.3) is 5.91 Å². The van der Waals surface area contributed by atoms with E-state index in [1.165, 1.54) is 0 Å². The zero-order valence-corrected chi connectivity index (χ0v) is 29.5. The number of phenols is 1. The molecule has 0 unspecified atom stereocenters. The predicted molar refractivity (Wildman–Crippen MR) is 196 cm³/mol. The Balaban J connectivity index is 1.35. The normalized spacial score (nSPS) is 17.7. The minimum absolute atomic E-state index is 0.0523. The average Bonchev–Trinajstić information content (AvgIpc) is 3.49. The van der Waals surface area contributed by atoms with Gasteiger partial charge in [0.15, 0.2) is 0 Å². The molecule has 3 aromatic carbocycles. The first-order valence-electron chi connectivity index (χ1n) is 17.4. The molecule has 2 saturated heterocycles. The lowest BCUT2D eigenvalue weighted by Crippen LogP contribution is -2.76. The lowest BCUT2D eigenvalue weighted by molar-refractivity contribution is -0.189. The van der Waals surface area contributed by atoms with Crippen LogP contribution in [0.3, 0.4) is 0 Å². The van der Waals surface area contributed by atoms with Crippen molar-refractivity contribution in [3.05, 3.63) is 114 Å². The molecular formula is C39H45N7O6. The number of hydrogen-bond donors (Lipinski definition) is 3. The van der Waals surface area contributed by atoms with Crippen molar-refractivity contribution in [1.29, 1.82) is 0 Å². The number of benzene rings is 3. The molecule has 2 fully saturated rings. The Kier molecular flexibility index (Phi) is 11.2. The van der Waals surface area contributed by atoms with Gasteiger partial charge in [-0.25, -0.2) is 14.8 Å². The number of carbonyl (C=O) groups is 4. The molecule has 272 valence electrons. The second-order valence-electron chi connectivity index (χ2n) is 13.1. The summed E-state index contributed by atoms with van der Waals surface area (Å²) in [6, 6.07) is 20.5. The highest BCUT2D eigenvalue weighted by Crippen LogP contribution is 2.31. The Bertz CT molecular complexity index is 1930. The molecule has 6 rings (SSSR count). The largest absolute Gasteiger partial charge is 0.508 e. The van der Waals surface area contributed by atoms with Crippen LogP contribution >= 0.6 is 0 Å². The number of hydrogen-bond acceptors (Lipinski definition) is 7. The number of piperazine rings is 1. The number of aromatic hydroxyl groups is 1. The maximum Gasteiger partial charge on any atom is 0.334 e. The summed E-state index contributed by atoms with van der Waals surface area (Å²) >= 11 is 0. The summed E-state index contributed by atoms with van der Waals surface area (Å²) in [7, 11) is 3.49. The van der Waals surface area contributed by atoms with Crippen molar-refractivity contribution in [1.82, 2.24) is 35.0 Å². The van der Waals surface area contributed by atoms with Gasteiger partial charge >= 0.3 is 6.03 Å².